The molecule has 0 radical (unpaired) electrons. The van der Waals surface area contributed by atoms with Crippen LogP contribution in [0.3, 0.4) is 0 Å². The Labute approximate surface area is 97.9 Å². The Balaban J connectivity index is 2.43. The van der Waals surface area contributed by atoms with Gasteiger partial charge in [-0.05, 0) is 24.7 Å². The molecular weight excluding hydrogens is 202 g/mol. The molecule has 1 atom stereocenters. The molecule has 3 nitrogen and oxygen atoms in total. The maximum Gasteiger partial charge on any atom is 0.331 e. The molecule has 1 rings (SSSR count). The van der Waals surface area contributed by atoms with Crippen LogP contribution in [0.4, 0.5) is 0 Å². The fourth-order valence-electron chi connectivity index (χ4n) is 2.41. The van der Waals surface area contributed by atoms with Crippen LogP contribution in [0.15, 0.2) is 11.6 Å². The van der Waals surface area contributed by atoms with E-state index >= 15 is 0 Å². The number of carboxylic acids is 1. The standard InChI is InChI=1S/C13H23NO2/c1-4-10(12(15)16)7-9-14-11-6-5-8-13(11,2)3/h7,11,14H,4-6,8-9H2,1-3H3,(H,15,16). The molecule has 0 amide bonds. The molecule has 0 bridgehead atoms. The first-order chi connectivity index (χ1) is 7.47. The van der Waals surface area contributed by atoms with Gasteiger partial charge in [-0.25, -0.2) is 4.79 Å². The van der Waals surface area contributed by atoms with E-state index in [0.29, 0.717) is 30.0 Å². The van der Waals surface area contributed by atoms with Crippen molar-refractivity contribution in [3.8, 4) is 0 Å². The maximum absolute atomic E-state index is 10.8. The fourth-order valence-corrected chi connectivity index (χ4v) is 2.41. The molecule has 3 heteroatoms. The number of aliphatic carboxylic acids is 1. The molecule has 1 unspecified atom stereocenters. The average Bonchev–Trinajstić information content (AvgIpc) is 2.52. The quantitative estimate of drug-likeness (QED) is 0.707. The van der Waals surface area contributed by atoms with Gasteiger partial charge in [0.05, 0.1) is 0 Å². The van der Waals surface area contributed by atoms with Crippen LogP contribution in [-0.4, -0.2) is 23.7 Å². The largest absolute Gasteiger partial charge is 0.478 e. The van der Waals surface area contributed by atoms with Crippen molar-refractivity contribution < 1.29 is 9.90 Å². The summed E-state index contributed by atoms with van der Waals surface area (Å²) >= 11 is 0. The zero-order valence-electron chi connectivity index (χ0n) is 10.5. The highest BCUT2D eigenvalue weighted by Gasteiger charge is 2.33. The number of nitrogens with one attached hydrogen (secondary N) is 1. The van der Waals surface area contributed by atoms with E-state index in [2.05, 4.69) is 19.2 Å². The zero-order valence-corrected chi connectivity index (χ0v) is 10.5. The van der Waals surface area contributed by atoms with Crippen LogP contribution in [0.5, 0.6) is 0 Å². The highest BCUT2D eigenvalue weighted by Crippen LogP contribution is 2.36. The summed E-state index contributed by atoms with van der Waals surface area (Å²) in [6.07, 6.45) is 6.12. The lowest BCUT2D eigenvalue weighted by Gasteiger charge is -2.27. The number of hydrogen-bond donors (Lipinski definition) is 2. The van der Waals surface area contributed by atoms with Crippen molar-refractivity contribution in [2.75, 3.05) is 6.54 Å². The van der Waals surface area contributed by atoms with Crippen molar-refractivity contribution in [1.29, 1.82) is 0 Å². The third-order valence-electron chi connectivity index (χ3n) is 3.63. The van der Waals surface area contributed by atoms with Crippen LogP contribution in [0.2, 0.25) is 0 Å². The lowest BCUT2D eigenvalue weighted by Crippen LogP contribution is -2.37. The summed E-state index contributed by atoms with van der Waals surface area (Å²) in [5.74, 6) is -0.796. The average molecular weight is 225 g/mol. The zero-order chi connectivity index (χ0) is 12.2. The summed E-state index contributed by atoms with van der Waals surface area (Å²) in [6.45, 7) is 7.10. The van der Waals surface area contributed by atoms with Gasteiger partial charge in [0.1, 0.15) is 0 Å². The number of rotatable bonds is 5. The van der Waals surface area contributed by atoms with Crippen molar-refractivity contribution in [3.05, 3.63) is 11.6 Å². The van der Waals surface area contributed by atoms with Crippen molar-refractivity contribution in [3.63, 3.8) is 0 Å². The van der Waals surface area contributed by atoms with E-state index in [9.17, 15) is 4.79 Å². The van der Waals surface area contributed by atoms with Gasteiger partial charge in [0, 0.05) is 18.2 Å². The van der Waals surface area contributed by atoms with Gasteiger partial charge in [0.25, 0.3) is 0 Å². The lowest BCUT2D eigenvalue weighted by atomic mass is 9.87. The predicted octanol–water partition coefficient (Wildman–Crippen LogP) is 2.58. The van der Waals surface area contributed by atoms with Gasteiger partial charge in [0.15, 0.2) is 0 Å². The molecule has 0 heterocycles. The summed E-state index contributed by atoms with van der Waals surface area (Å²) in [5.41, 5.74) is 0.854. The lowest BCUT2D eigenvalue weighted by molar-refractivity contribution is -0.132. The Hall–Kier alpha value is -0.830. The second-order valence-electron chi connectivity index (χ2n) is 5.23. The van der Waals surface area contributed by atoms with Gasteiger partial charge in [-0.15, -0.1) is 0 Å². The van der Waals surface area contributed by atoms with Crippen LogP contribution < -0.4 is 5.32 Å². The predicted molar refractivity (Wildman–Crippen MR) is 65.4 cm³/mol. The normalized spacial score (nSPS) is 24.7. The van der Waals surface area contributed by atoms with Crippen LogP contribution >= 0.6 is 0 Å². The van der Waals surface area contributed by atoms with Crippen LogP contribution in [-0.2, 0) is 4.79 Å². The Bertz CT molecular complexity index is 282. The first kappa shape index (κ1) is 13.2. The van der Waals surface area contributed by atoms with E-state index in [4.69, 9.17) is 5.11 Å². The Morgan fingerprint density at radius 3 is 2.69 bits per heavy atom. The highest BCUT2D eigenvalue weighted by molar-refractivity contribution is 5.86. The summed E-state index contributed by atoms with van der Waals surface area (Å²) < 4.78 is 0. The summed E-state index contributed by atoms with van der Waals surface area (Å²) in [7, 11) is 0. The minimum atomic E-state index is -0.796. The minimum absolute atomic E-state index is 0.351. The third-order valence-corrected chi connectivity index (χ3v) is 3.63. The monoisotopic (exact) mass is 225 g/mol. The molecule has 1 saturated carbocycles. The van der Waals surface area contributed by atoms with E-state index in [1.165, 1.54) is 19.3 Å². The number of carbonyl (C=O) groups is 1. The SMILES string of the molecule is CCC(=CCNC1CCCC1(C)C)C(=O)O. The van der Waals surface area contributed by atoms with E-state index in [0.717, 1.165) is 0 Å². The Kier molecular flexibility index (Phi) is 4.54. The summed E-state index contributed by atoms with van der Waals surface area (Å²) in [6, 6.07) is 0.524. The van der Waals surface area contributed by atoms with Crippen molar-refractivity contribution in [1.82, 2.24) is 5.32 Å². The molecule has 0 spiro atoms. The van der Waals surface area contributed by atoms with Gasteiger partial charge in [-0.3, -0.25) is 0 Å². The molecule has 0 saturated heterocycles. The molecule has 16 heavy (non-hydrogen) atoms. The molecular formula is C13H23NO2. The molecule has 1 aliphatic carbocycles. The van der Waals surface area contributed by atoms with Gasteiger partial charge < -0.3 is 10.4 Å². The van der Waals surface area contributed by atoms with Crippen molar-refractivity contribution in [2.24, 2.45) is 5.41 Å². The highest BCUT2D eigenvalue weighted by atomic mass is 16.4. The third kappa shape index (κ3) is 3.34. The van der Waals surface area contributed by atoms with E-state index in [-0.39, 0.29) is 0 Å². The molecule has 1 fully saturated rings. The Morgan fingerprint density at radius 2 is 2.25 bits per heavy atom. The first-order valence-corrected chi connectivity index (χ1v) is 6.13. The number of hydrogen-bond acceptors (Lipinski definition) is 2. The van der Waals surface area contributed by atoms with Crippen LogP contribution in [0, 0.1) is 5.41 Å². The van der Waals surface area contributed by atoms with Gasteiger partial charge in [0.2, 0.25) is 0 Å². The van der Waals surface area contributed by atoms with E-state index < -0.39 is 5.97 Å². The second-order valence-corrected chi connectivity index (χ2v) is 5.23. The molecule has 1 aliphatic rings. The van der Waals surface area contributed by atoms with Crippen LogP contribution in [0.25, 0.3) is 0 Å². The van der Waals surface area contributed by atoms with Crippen LogP contribution in [0.1, 0.15) is 46.5 Å². The molecule has 0 aromatic rings. The molecule has 0 aromatic heterocycles. The topological polar surface area (TPSA) is 49.3 Å². The van der Waals surface area contributed by atoms with Crippen molar-refractivity contribution >= 4 is 5.97 Å². The molecule has 92 valence electrons. The molecule has 0 aromatic carbocycles. The fraction of sp³-hybridized carbons (Fsp3) is 0.769. The summed E-state index contributed by atoms with van der Waals surface area (Å²) in [5, 5.41) is 12.3. The molecule has 2 N–H and O–H groups in total. The number of carboxylic acid groups (broad SMARTS) is 1. The van der Waals surface area contributed by atoms with Gasteiger partial charge in [-0.1, -0.05) is 33.3 Å². The van der Waals surface area contributed by atoms with E-state index in [1.54, 1.807) is 6.08 Å². The molecule has 0 aliphatic heterocycles. The first-order valence-electron chi connectivity index (χ1n) is 6.13. The second kappa shape index (κ2) is 5.48. The Morgan fingerprint density at radius 1 is 1.56 bits per heavy atom. The van der Waals surface area contributed by atoms with E-state index in [1.807, 2.05) is 6.92 Å². The van der Waals surface area contributed by atoms with Gasteiger partial charge >= 0.3 is 5.97 Å². The summed E-state index contributed by atoms with van der Waals surface area (Å²) in [4.78, 5) is 10.8. The van der Waals surface area contributed by atoms with Gasteiger partial charge in [-0.2, -0.15) is 0 Å². The minimum Gasteiger partial charge on any atom is -0.478 e. The smallest absolute Gasteiger partial charge is 0.331 e. The van der Waals surface area contributed by atoms with Crippen molar-refractivity contribution in [2.45, 2.75) is 52.5 Å². The maximum atomic E-state index is 10.8.